The number of hydroxylamine groups is 2. The first-order valence-corrected chi connectivity index (χ1v) is 12.2. The van der Waals surface area contributed by atoms with E-state index in [0.29, 0.717) is 17.2 Å². The van der Waals surface area contributed by atoms with Crippen LogP contribution in [0.2, 0.25) is 0 Å². The summed E-state index contributed by atoms with van der Waals surface area (Å²) in [6.07, 6.45) is 0. The van der Waals surface area contributed by atoms with Crippen molar-refractivity contribution >= 4 is 39.8 Å². The summed E-state index contributed by atoms with van der Waals surface area (Å²) in [5.41, 5.74) is 0.350. The van der Waals surface area contributed by atoms with Crippen LogP contribution in [0.3, 0.4) is 0 Å². The molecule has 1 aromatic carbocycles. The number of benzene rings is 1. The molecular formula is C20H25N5O9S. The summed E-state index contributed by atoms with van der Waals surface area (Å²) in [6, 6.07) is 3.91. The number of imide groups is 1. The summed E-state index contributed by atoms with van der Waals surface area (Å²) in [6.45, 7) is 3.60. The maximum atomic E-state index is 13.1. The van der Waals surface area contributed by atoms with E-state index in [2.05, 4.69) is 10.6 Å². The van der Waals surface area contributed by atoms with Crippen molar-refractivity contribution in [1.82, 2.24) is 25.5 Å². The predicted molar refractivity (Wildman–Crippen MR) is 117 cm³/mol. The minimum Gasteiger partial charge on any atom is -0.340 e. The molecule has 2 heterocycles. The lowest BCUT2D eigenvalue weighted by Crippen LogP contribution is -2.70. The number of likely N-dealkylation sites (N-methyl/N-ethyl adjacent to an activating group) is 1. The third-order valence-electron chi connectivity index (χ3n) is 5.57. The van der Waals surface area contributed by atoms with Crippen molar-refractivity contribution < 1.29 is 41.8 Å². The second kappa shape index (κ2) is 10.4. The van der Waals surface area contributed by atoms with Crippen molar-refractivity contribution in [2.75, 3.05) is 25.6 Å². The molecule has 2 fully saturated rings. The molecule has 1 aromatic rings. The molecule has 3 N–H and O–H groups in total. The van der Waals surface area contributed by atoms with Crippen molar-refractivity contribution in [2.45, 2.75) is 32.0 Å². The lowest BCUT2D eigenvalue weighted by molar-refractivity contribution is -0.224. The molecule has 15 heteroatoms. The van der Waals surface area contributed by atoms with E-state index >= 15 is 0 Å². The minimum absolute atomic E-state index is 0.0500. The van der Waals surface area contributed by atoms with Gasteiger partial charge in [0.2, 0.25) is 11.8 Å². The Morgan fingerprint density at radius 1 is 1.14 bits per heavy atom. The van der Waals surface area contributed by atoms with Gasteiger partial charge in [-0.2, -0.15) is 8.42 Å². The number of nitrogens with one attached hydrogen (secondary N) is 2. The van der Waals surface area contributed by atoms with Gasteiger partial charge in [-0.1, -0.05) is 30.3 Å². The fourth-order valence-electron chi connectivity index (χ4n) is 3.64. The molecule has 0 bridgehead atoms. The number of rotatable bonds is 8. The third-order valence-corrected chi connectivity index (χ3v) is 5.98. The predicted octanol–water partition coefficient (Wildman–Crippen LogP) is -1.38. The standard InChI is InChI=1S/C20H25N5O9S/c1-3-23-9-10-24(19(29)18(23)28)20(30)22-15(13-7-5-4-6-8-13)16(26)21-14-12(2)25(17(14)27)34-11-35(31,32)33/h4-8,12,14-15H,3,9-11H2,1-2H3,(H,21,26)(H,22,30)(H,31,32,33)/t12-,14+,15?/m1/s1. The van der Waals surface area contributed by atoms with Crippen LogP contribution in [0, 0.1) is 0 Å². The van der Waals surface area contributed by atoms with Crippen LogP contribution in [0.25, 0.3) is 0 Å². The number of carbonyl (C=O) groups is 5. The van der Waals surface area contributed by atoms with Gasteiger partial charge in [-0.25, -0.2) is 9.86 Å². The highest BCUT2D eigenvalue weighted by atomic mass is 32.2. The molecule has 6 amide bonds. The van der Waals surface area contributed by atoms with Crippen LogP contribution in [0.4, 0.5) is 4.79 Å². The highest BCUT2D eigenvalue weighted by Crippen LogP contribution is 2.22. The Bertz CT molecular complexity index is 1130. The van der Waals surface area contributed by atoms with E-state index in [1.165, 1.54) is 11.8 Å². The molecule has 0 aromatic heterocycles. The number of carbonyl (C=O) groups excluding carboxylic acids is 5. The van der Waals surface area contributed by atoms with Gasteiger partial charge in [0.05, 0.1) is 6.04 Å². The topological polar surface area (TPSA) is 183 Å². The number of amides is 6. The number of hydrogen-bond acceptors (Lipinski definition) is 8. The maximum absolute atomic E-state index is 13.1. The zero-order chi connectivity index (χ0) is 25.9. The first-order chi connectivity index (χ1) is 16.4. The Balaban J connectivity index is 1.71. The van der Waals surface area contributed by atoms with E-state index in [9.17, 15) is 32.4 Å². The monoisotopic (exact) mass is 511 g/mol. The van der Waals surface area contributed by atoms with Gasteiger partial charge in [-0.3, -0.25) is 33.5 Å². The van der Waals surface area contributed by atoms with E-state index in [-0.39, 0.29) is 13.1 Å². The lowest BCUT2D eigenvalue weighted by Gasteiger charge is -2.43. The number of piperazine rings is 1. The number of hydrogen-bond donors (Lipinski definition) is 3. The Morgan fingerprint density at radius 2 is 1.80 bits per heavy atom. The Morgan fingerprint density at radius 3 is 2.37 bits per heavy atom. The summed E-state index contributed by atoms with van der Waals surface area (Å²) >= 11 is 0. The molecule has 1 unspecified atom stereocenters. The van der Waals surface area contributed by atoms with Gasteiger partial charge in [-0.15, -0.1) is 0 Å². The second-order valence-electron chi connectivity index (χ2n) is 7.85. The van der Waals surface area contributed by atoms with Crippen molar-refractivity contribution in [1.29, 1.82) is 0 Å². The van der Waals surface area contributed by atoms with Gasteiger partial charge < -0.3 is 15.5 Å². The molecule has 190 valence electrons. The van der Waals surface area contributed by atoms with Crippen LogP contribution in [0.5, 0.6) is 0 Å². The maximum Gasteiger partial charge on any atom is 0.325 e. The van der Waals surface area contributed by atoms with E-state index in [1.807, 2.05) is 0 Å². The van der Waals surface area contributed by atoms with Crippen molar-refractivity contribution in [3.8, 4) is 0 Å². The first-order valence-electron chi connectivity index (χ1n) is 10.6. The molecule has 14 nitrogen and oxygen atoms in total. The van der Waals surface area contributed by atoms with Gasteiger partial charge in [0.1, 0.15) is 12.1 Å². The van der Waals surface area contributed by atoms with Gasteiger partial charge >= 0.3 is 17.8 Å². The molecule has 2 saturated heterocycles. The summed E-state index contributed by atoms with van der Waals surface area (Å²) < 4.78 is 30.4. The molecule has 35 heavy (non-hydrogen) atoms. The summed E-state index contributed by atoms with van der Waals surface area (Å²) in [4.78, 5) is 69.5. The summed E-state index contributed by atoms with van der Waals surface area (Å²) in [5, 5.41) is 5.61. The van der Waals surface area contributed by atoms with E-state index < -0.39 is 63.8 Å². The van der Waals surface area contributed by atoms with Crippen LogP contribution in [0.1, 0.15) is 25.5 Å². The normalized spacial score (nSPS) is 21.5. The van der Waals surface area contributed by atoms with E-state index in [1.54, 1.807) is 37.3 Å². The molecule has 0 saturated carbocycles. The smallest absolute Gasteiger partial charge is 0.325 e. The van der Waals surface area contributed by atoms with Gasteiger partial charge in [0, 0.05) is 19.6 Å². The van der Waals surface area contributed by atoms with Gasteiger partial charge in [0.25, 0.3) is 16.0 Å². The van der Waals surface area contributed by atoms with Gasteiger partial charge in [0.15, 0.2) is 0 Å². The Labute approximate surface area is 200 Å². The highest BCUT2D eigenvalue weighted by Gasteiger charge is 2.48. The zero-order valence-electron chi connectivity index (χ0n) is 18.9. The lowest BCUT2D eigenvalue weighted by atomic mass is 9.98. The average molecular weight is 512 g/mol. The van der Waals surface area contributed by atoms with Crippen molar-refractivity contribution in [3.05, 3.63) is 35.9 Å². The largest absolute Gasteiger partial charge is 0.340 e. The fourth-order valence-corrected chi connectivity index (χ4v) is 3.88. The minimum atomic E-state index is -4.48. The molecular weight excluding hydrogens is 486 g/mol. The van der Waals surface area contributed by atoms with Crippen LogP contribution in [0.15, 0.2) is 30.3 Å². The molecule has 0 radical (unpaired) electrons. The zero-order valence-corrected chi connectivity index (χ0v) is 19.7. The molecule has 0 aliphatic carbocycles. The van der Waals surface area contributed by atoms with Crippen LogP contribution in [-0.2, 0) is 34.1 Å². The summed E-state index contributed by atoms with van der Waals surface area (Å²) in [7, 11) is -4.48. The SMILES string of the molecule is CCN1CCN(C(=O)NC(C(=O)N[C@@H]2C(=O)N(OCS(=O)(=O)O)[C@@H]2C)c2ccccc2)C(=O)C1=O. The number of urea groups is 1. The van der Waals surface area contributed by atoms with Crippen LogP contribution in [-0.4, -0.2) is 95.2 Å². The Hall–Kier alpha value is -3.56. The number of β-lactam (4-membered cyclic amide) rings is 1. The third kappa shape index (κ3) is 5.75. The summed E-state index contributed by atoms with van der Waals surface area (Å²) in [5.74, 6) is -4.52. The molecule has 0 spiro atoms. The fraction of sp³-hybridized carbons (Fsp3) is 0.450. The average Bonchev–Trinajstić information content (AvgIpc) is 2.82. The Kier molecular flexibility index (Phi) is 7.72. The van der Waals surface area contributed by atoms with Crippen molar-refractivity contribution in [2.24, 2.45) is 0 Å². The van der Waals surface area contributed by atoms with E-state index in [0.717, 1.165) is 4.90 Å². The van der Waals surface area contributed by atoms with Crippen molar-refractivity contribution in [3.63, 3.8) is 0 Å². The first kappa shape index (κ1) is 26.1. The second-order valence-corrected chi connectivity index (χ2v) is 9.25. The van der Waals surface area contributed by atoms with E-state index in [4.69, 9.17) is 9.39 Å². The number of nitrogens with zero attached hydrogens (tertiary/aromatic N) is 3. The molecule has 3 atom stereocenters. The molecule has 3 rings (SSSR count). The van der Waals surface area contributed by atoms with Gasteiger partial charge in [-0.05, 0) is 19.4 Å². The molecule has 2 aliphatic heterocycles. The molecule has 2 aliphatic rings. The van der Waals surface area contributed by atoms with Crippen LogP contribution >= 0.6 is 0 Å². The quantitative estimate of drug-likeness (QED) is 0.215. The highest BCUT2D eigenvalue weighted by molar-refractivity contribution is 7.85. The van der Waals surface area contributed by atoms with Crippen LogP contribution < -0.4 is 10.6 Å².